The van der Waals surface area contributed by atoms with Crippen LogP contribution < -0.4 is 16.0 Å². The van der Waals surface area contributed by atoms with Crippen molar-refractivity contribution < 1.29 is 9.53 Å². The van der Waals surface area contributed by atoms with Gasteiger partial charge in [0, 0.05) is 32.8 Å². The smallest absolute Gasteiger partial charge is 0.263 e. The first-order chi connectivity index (χ1) is 10.1. The number of hydrogen-bond donors (Lipinski definition) is 2. The molecule has 1 fully saturated rings. The minimum atomic E-state index is -0.120. The quantitative estimate of drug-likeness (QED) is 0.723. The molecule has 1 amide bonds. The molecule has 0 unspecified atom stereocenters. The van der Waals surface area contributed by atoms with Crippen LogP contribution in [0.4, 0.5) is 10.7 Å². The summed E-state index contributed by atoms with van der Waals surface area (Å²) in [6.45, 7) is 5.49. The maximum absolute atomic E-state index is 12.2. The fraction of sp³-hybridized carbons (Fsp3) is 0.533. The summed E-state index contributed by atoms with van der Waals surface area (Å²) in [6, 6.07) is 0. The van der Waals surface area contributed by atoms with E-state index in [0.29, 0.717) is 29.6 Å². The van der Waals surface area contributed by atoms with Crippen molar-refractivity contribution in [3.05, 3.63) is 23.1 Å². The lowest BCUT2D eigenvalue weighted by atomic mass is 10.1. The van der Waals surface area contributed by atoms with Crippen molar-refractivity contribution in [3.63, 3.8) is 0 Å². The van der Waals surface area contributed by atoms with E-state index in [4.69, 9.17) is 10.5 Å². The van der Waals surface area contributed by atoms with E-state index in [1.165, 1.54) is 11.3 Å². The molecule has 1 aliphatic carbocycles. The Bertz CT molecular complexity index is 523. The van der Waals surface area contributed by atoms with Crippen LogP contribution in [-0.2, 0) is 4.74 Å². The number of likely N-dealkylation sites (N-methyl/N-ethyl adjacent to an activating group) is 1. The Morgan fingerprint density at radius 3 is 2.90 bits per heavy atom. The van der Waals surface area contributed by atoms with Gasteiger partial charge in [0.15, 0.2) is 0 Å². The molecule has 6 heteroatoms. The third-order valence-corrected chi connectivity index (χ3v) is 4.87. The number of carbonyl (C=O) groups is 1. The van der Waals surface area contributed by atoms with Crippen LogP contribution in [-0.4, -0.2) is 39.8 Å². The molecule has 0 aliphatic heterocycles. The molecule has 1 aromatic rings. The Balaban J connectivity index is 2.26. The number of carbonyl (C=O) groups excluding carboxylic acids is 1. The molecule has 2 rings (SSSR count). The van der Waals surface area contributed by atoms with E-state index in [2.05, 4.69) is 16.8 Å². The first-order valence-electron chi connectivity index (χ1n) is 7.11. The molecule has 0 aromatic carbocycles. The molecule has 0 atom stereocenters. The number of nitrogen functional groups attached to an aromatic ring is 1. The van der Waals surface area contributed by atoms with E-state index in [-0.39, 0.29) is 5.91 Å². The first kappa shape index (κ1) is 15.9. The number of ether oxygens (including phenoxy) is 1. The van der Waals surface area contributed by atoms with Gasteiger partial charge in [-0.15, -0.1) is 17.9 Å². The Labute approximate surface area is 129 Å². The van der Waals surface area contributed by atoms with Gasteiger partial charge in [-0.05, 0) is 18.8 Å². The van der Waals surface area contributed by atoms with Crippen molar-refractivity contribution in [2.45, 2.75) is 18.8 Å². The average Bonchev–Trinajstić information content (AvgIpc) is 3.25. The molecule has 0 spiro atoms. The van der Waals surface area contributed by atoms with Crippen LogP contribution in [0.2, 0.25) is 0 Å². The van der Waals surface area contributed by atoms with Gasteiger partial charge in [-0.3, -0.25) is 4.79 Å². The summed E-state index contributed by atoms with van der Waals surface area (Å²) in [4.78, 5) is 14.9. The van der Waals surface area contributed by atoms with E-state index in [1.807, 2.05) is 7.05 Å². The second-order valence-electron chi connectivity index (χ2n) is 5.25. The lowest BCUT2D eigenvalue weighted by Gasteiger charge is -2.18. The highest BCUT2D eigenvalue weighted by Crippen LogP contribution is 2.51. The number of amides is 1. The first-order valence-corrected chi connectivity index (χ1v) is 7.93. The van der Waals surface area contributed by atoms with Gasteiger partial charge >= 0.3 is 0 Å². The topological polar surface area (TPSA) is 67.6 Å². The summed E-state index contributed by atoms with van der Waals surface area (Å²) >= 11 is 1.47. The van der Waals surface area contributed by atoms with Crippen molar-refractivity contribution >= 4 is 27.9 Å². The Hall–Kier alpha value is -1.53. The van der Waals surface area contributed by atoms with Crippen LogP contribution in [0.15, 0.2) is 12.7 Å². The molecule has 1 saturated carbocycles. The summed E-state index contributed by atoms with van der Waals surface area (Å²) in [7, 11) is 3.70. The molecule has 0 radical (unpaired) electrons. The summed E-state index contributed by atoms with van der Waals surface area (Å²) in [5, 5.41) is 3.89. The van der Waals surface area contributed by atoms with Crippen molar-refractivity contribution in [1.29, 1.82) is 0 Å². The maximum Gasteiger partial charge on any atom is 0.263 e. The summed E-state index contributed by atoms with van der Waals surface area (Å²) in [6.07, 6.45) is 3.97. The lowest BCUT2D eigenvalue weighted by molar-refractivity contribution is 0.0963. The lowest BCUT2D eigenvalue weighted by Crippen LogP contribution is -2.23. The summed E-state index contributed by atoms with van der Waals surface area (Å²) in [5.41, 5.74) is 8.03. The van der Waals surface area contributed by atoms with Crippen LogP contribution in [0, 0.1) is 0 Å². The molecule has 1 aliphatic rings. The molecule has 1 aromatic heterocycles. The van der Waals surface area contributed by atoms with E-state index >= 15 is 0 Å². The van der Waals surface area contributed by atoms with Gasteiger partial charge in [-0.25, -0.2) is 0 Å². The molecule has 1 heterocycles. The minimum absolute atomic E-state index is 0.120. The van der Waals surface area contributed by atoms with Crippen molar-refractivity contribution in [2.24, 2.45) is 0 Å². The molecule has 21 heavy (non-hydrogen) atoms. The van der Waals surface area contributed by atoms with Crippen molar-refractivity contribution in [2.75, 3.05) is 44.5 Å². The Morgan fingerprint density at radius 1 is 1.62 bits per heavy atom. The molecule has 5 nitrogen and oxygen atoms in total. The van der Waals surface area contributed by atoms with Gasteiger partial charge < -0.3 is 20.7 Å². The minimum Gasteiger partial charge on any atom is -0.397 e. The van der Waals surface area contributed by atoms with Gasteiger partial charge in [-0.1, -0.05) is 6.08 Å². The Kier molecular flexibility index (Phi) is 5.25. The highest BCUT2D eigenvalue weighted by atomic mass is 32.1. The van der Waals surface area contributed by atoms with Gasteiger partial charge in [0.1, 0.15) is 4.88 Å². The van der Waals surface area contributed by atoms with Gasteiger partial charge in [0.05, 0.1) is 17.3 Å². The zero-order valence-electron chi connectivity index (χ0n) is 12.6. The zero-order valence-corrected chi connectivity index (χ0v) is 13.5. The standard InChI is InChI=1S/C15H23N3O2S/c1-4-7-17-14(19)13-12(16)11(10-5-6-10)15(21-13)18(2)8-9-20-3/h4,10H,1,5-9,16H2,2-3H3,(H,17,19). The summed E-state index contributed by atoms with van der Waals surface area (Å²) < 4.78 is 5.13. The zero-order chi connectivity index (χ0) is 15.4. The SMILES string of the molecule is C=CCNC(=O)c1sc(N(C)CCOC)c(C2CC2)c1N. The van der Waals surface area contributed by atoms with Gasteiger partial charge in [0.25, 0.3) is 5.91 Å². The predicted octanol–water partition coefficient (Wildman–Crippen LogP) is 2.21. The largest absolute Gasteiger partial charge is 0.397 e. The van der Waals surface area contributed by atoms with Crippen molar-refractivity contribution in [3.8, 4) is 0 Å². The number of nitrogens with two attached hydrogens (primary N) is 1. The highest BCUT2D eigenvalue weighted by Gasteiger charge is 2.33. The number of thiophene rings is 1. The molecular formula is C15H23N3O2S. The molecular weight excluding hydrogens is 286 g/mol. The normalized spacial score (nSPS) is 14.0. The third kappa shape index (κ3) is 3.57. The number of rotatable bonds is 8. The molecule has 116 valence electrons. The molecule has 0 saturated heterocycles. The second kappa shape index (κ2) is 6.95. The van der Waals surface area contributed by atoms with Crippen LogP contribution in [0.1, 0.15) is 34.0 Å². The fourth-order valence-corrected chi connectivity index (χ4v) is 3.45. The monoisotopic (exact) mass is 309 g/mol. The predicted molar refractivity (Wildman–Crippen MR) is 88.4 cm³/mol. The highest BCUT2D eigenvalue weighted by molar-refractivity contribution is 7.18. The average molecular weight is 309 g/mol. The van der Waals surface area contributed by atoms with Gasteiger partial charge in [0.2, 0.25) is 0 Å². The Morgan fingerprint density at radius 2 is 2.33 bits per heavy atom. The third-order valence-electron chi connectivity index (χ3n) is 3.54. The van der Waals surface area contributed by atoms with Crippen LogP contribution >= 0.6 is 11.3 Å². The van der Waals surface area contributed by atoms with E-state index in [0.717, 1.165) is 30.0 Å². The van der Waals surface area contributed by atoms with E-state index in [9.17, 15) is 4.79 Å². The number of methoxy groups -OCH3 is 1. The number of anilines is 2. The molecule has 3 N–H and O–H groups in total. The summed E-state index contributed by atoms with van der Waals surface area (Å²) in [5.74, 6) is 0.382. The van der Waals surface area contributed by atoms with Gasteiger partial charge in [-0.2, -0.15) is 0 Å². The number of nitrogens with one attached hydrogen (secondary N) is 1. The van der Waals surface area contributed by atoms with E-state index in [1.54, 1.807) is 13.2 Å². The number of hydrogen-bond acceptors (Lipinski definition) is 5. The van der Waals surface area contributed by atoms with Crippen LogP contribution in [0.5, 0.6) is 0 Å². The molecule has 0 bridgehead atoms. The maximum atomic E-state index is 12.2. The van der Waals surface area contributed by atoms with E-state index < -0.39 is 0 Å². The number of nitrogens with zero attached hydrogens (tertiary/aromatic N) is 1. The van der Waals surface area contributed by atoms with Crippen LogP contribution in [0.25, 0.3) is 0 Å². The second-order valence-corrected chi connectivity index (χ2v) is 6.25. The van der Waals surface area contributed by atoms with Crippen LogP contribution in [0.3, 0.4) is 0 Å². The van der Waals surface area contributed by atoms with Crippen molar-refractivity contribution in [1.82, 2.24) is 5.32 Å². The fourth-order valence-electron chi connectivity index (χ4n) is 2.24.